The van der Waals surface area contributed by atoms with E-state index in [1.54, 1.807) is 14.2 Å². The molecule has 1 aliphatic carbocycles. The van der Waals surface area contributed by atoms with Crippen LogP contribution in [0.1, 0.15) is 24.6 Å². The molecule has 0 amide bonds. The maximum Gasteiger partial charge on any atom is 0.162 e. The molecule has 2 aliphatic rings. The van der Waals surface area contributed by atoms with Gasteiger partial charge in [-0.2, -0.15) is 0 Å². The second-order valence-corrected chi connectivity index (χ2v) is 8.76. The van der Waals surface area contributed by atoms with Crippen LogP contribution in [-0.2, 0) is 0 Å². The molecule has 0 atom stereocenters. The minimum Gasteiger partial charge on any atom is -0.493 e. The number of benzene rings is 2. The highest BCUT2D eigenvalue weighted by Gasteiger charge is 2.30. The lowest BCUT2D eigenvalue weighted by molar-refractivity contribution is 0.355. The predicted molar refractivity (Wildman–Crippen MR) is 130 cm³/mol. The lowest BCUT2D eigenvalue weighted by atomic mass is 10.1. The zero-order valence-electron chi connectivity index (χ0n) is 19.3. The van der Waals surface area contributed by atoms with Gasteiger partial charge in [0.2, 0.25) is 0 Å². The minimum atomic E-state index is 0.486. The van der Waals surface area contributed by atoms with E-state index in [1.165, 1.54) is 24.2 Å². The molecule has 0 bridgehead atoms. The summed E-state index contributed by atoms with van der Waals surface area (Å²) in [5, 5.41) is 1.02. The van der Waals surface area contributed by atoms with Gasteiger partial charge in [-0.1, -0.05) is 12.1 Å². The van der Waals surface area contributed by atoms with Gasteiger partial charge in [-0.05, 0) is 31.0 Å². The van der Waals surface area contributed by atoms with Crippen LogP contribution in [-0.4, -0.2) is 64.5 Å². The summed E-state index contributed by atoms with van der Waals surface area (Å²) in [5.41, 5.74) is 3.46. The standard InChI is InChI=1S/C25H31N5O2/c1-28(2)20-7-5-6-8-21(20)29-11-13-30(14-12-29)25-18-15-22(31-3)23(32-4)16-19(18)26-24(27-25)17-9-10-17/h5-8,15-17H,9-14H2,1-4H3. The molecule has 1 saturated carbocycles. The minimum absolute atomic E-state index is 0.486. The Balaban J connectivity index is 1.47. The molecule has 0 radical (unpaired) electrons. The van der Waals surface area contributed by atoms with Crippen LogP contribution in [0.2, 0.25) is 0 Å². The molecule has 5 rings (SSSR count). The summed E-state index contributed by atoms with van der Waals surface area (Å²) in [6, 6.07) is 12.6. The molecule has 0 unspecified atom stereocenters. The average Bonchev–Trinajstić information content (AvgIpc) is 3.68. The Morgan fingerprint density at radius 3 is 2.19 bits per heavy atom. The molecule has 0 N–H and O–H groups in total. The number of anilines is 3. The van der Waals surface area contributed by atoms with Crippen LogP contribution < -0.4 is 24.2 Å². The third-order valence-electron chi connectivity index (χ3n) is 6.42. The molecule has 1 aliphatic heterocycles. The van der Waals surface area contributed by atoms with E-state index in [9.17, 15) is 0 Å². The van der Waals surface area contributed by atoms with Crippen LogP contribution in [0.3, 0.4) is 0 Å². The number of piperazine rings is 1. The lowest BCUT2D eigenvalue weighted by Gasteiger charge is -2.38. The highest BCUT2D eigenvalue weighted by atomic mass is 16.5. The van der Waals surface area contributed by atoms with Crippen molar-refractivity contribution in [3.63, 3.8) is 0 Å². The van der Waals surface area contributed by atoms with Gasteiger partial charge in [0.1, 0.15) is 11.6 Å². The first-order valence-electron chi connectivity index (χ1n) is 11.3. The molecule has 2 aromatic carbocycles. The summed E-state index contributed by atoms with van der Waals surface area (Å²) < 4.78 is 11.1. The van der Waals surface area contributed by atoms with Crippen molar-refractivity contribution in [2.24, 2.45) is 0 Å². The van der Waals surface area contributed by atoms with E-state index >= 15 is 0 Å². The van der Waals surface area contributed by atoms with Gasteiger partial charge < -0.3 is 24.2 Å². The number of ether oxygens (including phenoxy) is 2. The molecule has 1 saturated heterocycles. The van der Waals surface area contributed by atoms with Gasteiger partial charge in [-0.15, -0.1) is 0 Å². The van der Waals surface area contributed by atoms with Crippen LogP contribution in [0, 0.1) is 0 Å². The Morgan fingerprint density at radius 2 is 1.53 bits per heavy atom. The van der Waals surface area contributed by atoms with Crippen molar-refractivity contribution in [2.45, 2.75) is 18.8 Å². The van der Waals surface area contributed by atoms with Gasteiger partial charge in [-0.25, -0.2) is 9.97 Å². The van der Waals surface area contributed by atoms with Gasteiger partial charge >= 0.3 is 0 Å². The topological polar surface area (TPSA) is 54.0 Å². The number of hydrogen-bond acceptors (Lipinski definition) is 7. The fourth-order valence-electron chi connectivity index (χ4n) is 4.49. The van der Waals surface area contributed by atoms with Crippen LogP contribution in [0.25, 0.3) is 10.9 Å². The largest absolute Gasteiger partial charge is 0.493 e. The Kier molecular flexibility index (Phi) is 5.41. The number of aromatic nitrogens is 2. The first kappa shape index (κ1) is 20.7. The summed E-state index contributed by atoms with van der Waals surface area (Å²) in [7, 11) is 7.54. The predicted octanol–water partition coefficient (Wildman–Crippen LogP) is 3.92. The molecule has 168 valence electrons. The van der Waals surface area contributed by atoms with Crippen LogP contribution in [0.15, 0.2) is 36.4 Å². The van der Waals surface area contributed by atoms with E-state index in [0.29, 0.717) is 17.4 Å². The van der Waals surface area contributed by atoms with E-state index in [4.69, 9.17) is 19.4 Å². The zero-order chi connectivity index (χ0) is 22.2. The van der Waals surface area contributed by atoms with Crippen molar-refractivity contribution in [1.29, 1.82) is 0 Å². The second-order valence-electron chi connectivity index (χ2n) is 8.76. The van der Waals surface area contributed by atoms with Gasteiger partial charge in [0.25, 0.3) is 0 Å². The average molecular weight is 434 g/mol. The first-order valence-corrected chi connectivity index (χ1v) is 11.3. The maximum absolute atomic E-state index is 5.58. The summed E-state index contributed by atoms with van der Waals surface area (Å²) >= 11 is 0. The van der Waals surface area contributed by atoms with Crippen molar-refractivity contribution >= 4 is 28.1 Å². The smallest absolute Gasteiger partial charge is 0.162 e. The van der Waals surface area contributed by atoms with Crippen molar-refractivity contribution in [1.82, 2.24) is 9.97 Å². The van der Waals surface area contributed by atoms with Gasteiger partial charge in [0.15, 0.2) is 11.5 Å². The molecule has 2 heterocycles. The van der Waals surface area contributed by atoms with Gasteiger partial charge in [0.05, 0.1) is 31.1 Å². The number of hydrogen-bond donors (Lipinski definition) is 0. The van der Waals surface area contributed by atoms with E-state index < -0.39 is 0 Å². The molecule has 3 aromatic rings. The highest BCUT2D eigenvalue weighted by Crippen LogP contribution is 2.42. The number of para-hydroxylation sites is 2. The molecule has 32 heavy (non-hydrogen) atoms. The highest BCUT2D eigenvalue weighted by molar-refractivity contribution is 5.92. The van der Waals surface area contributed by atoms with E-state index in [0.717, 1.165) is 48.7 Å². The lowest BCUT2D eigenvalue weighted by Crippen LogP contribution is -2.47. The molecule has 2 fully saturated rings. The van der Waals surface area contributed by atoms with Crippen molar-refractivity contribution in [3.8, 4) is 11.5 Å². The van der Waals surface area contributed by atoms with E-state index in [2.05, 4.69) is 53.1 Å². The zero-order valence-corrected chi connectivity index (χ0v) is 19.3. The van der Waals surface area contributed by atoms with Crippen LogP contribution in [0.4, 0.5) is 17.2 Å². The Bertz CT molecular complexity index is 1120. The molecular formula is C25H31N5O2. The first-order chi connectivity index (χ1) is 15.6. The quantitative estimate of drug-likeness (QED) is 0.584. The fraction of sp³-hybridized carbons (Fsp3) is 0.440. The Hall–Kier alpha value is -3.22. The Morgan fingerprint density at radius 1 is 0.875 bits per heavy atom. The van der Waals surface area contributed by atoms with Crippen LogP contribution >= 0.6 is 0 Å². The van der Waals surface area contributed by atoms with Crippen LogP contribution in [0.5, 0.6) is 11.5 Å². The number of methoxy groups -OCH3 is 2. The summed E-state index contributed by atoms with van der Waals surface area (Å²) in [6.45, 7) is 3.71. The normalized spacial score (nSPS) is 16.4. The molecule has 1 aromatic heterocycles. The summed E-state index contributed by atoms with van der Waals surface area (Å²) in [4.78, 5) is 17.0. The third kappa shape index (κ3) is 3.76. The molecule has 7 nitrogen and oxygen atoms in total. The van der Waals surface area contributed by atoms with Crippen molar-refractivity contribution in [3.05, 3.63) is 42.2 Å². The third-order valence-corrected chi connectivity index (χ3v) is 6.42. The number of nitrogens with zero attached hydrogens (tertiary/aromatic N) is 5. The SMILES string of the molecule is COc1cc2nc(C3CC3)nc(N3CCN(c4ccccc4N(C)C)CC3)c2cc1OC. The molecule has 0 spiro atoms. The number of fused-ring (bicyclic) bond motifs is 1. The van der Waals surface area contributed by atoms with Crippen molar-refractivity contribution in [2.75, 3.05) is 69.2 Å². The molecular weight excluding hydrogens is 402 g/mol. The number of rotatable bonds is 6. The van der Waals surface area contributed by atoms with Crippen molar-refractivity contribution < 1.29 is 9.47 Å². The van der Waals surface area contributed by atoms with Gasteiger partial charge in [-0.3, -0.25) is 0 Å². The Labute approximate surface area is 189 Å². The summed E-state index contributed by atoms with van der Waals surface area (Å²) in [6.07, 6.45) is 2.35. The maximum atomic E-state index is 5.58. The van der Waals surface area contributed by atoms with Gasteiger partial charge in [0, 0.05) is 57.6 Å². The fourth-order valence-corrected chi connectivity index (χ4v) is 4.49. The van der Waals surface area contributed by atoms with E-state index in [-0.39, 0.29) is 0 Å². The summed E-state index contributed by atoms with van der Waals surface area (Å²) in [5.74, 6) is 3.87. The second kappa shape index (κ2) is 8.37. The molecule has 7 heteroatoms. The van der Waals surface area contributed by atoms with E-state index in [1.807, 2.05) is 12.1 Å². The monoisotopic (exact) mass is 433 g/mol.